The molecule has 1 heterocycles. The lowest BCUT2D eigenvalue weighted by molar-refractivity contribution is 0.0892. The van der Waals surface area contributed by atoms with E-state index in [9.17, 15) is 12.8 Å². The average Bonchev–Trinajstić information content (AvgIpc) is 2.38. The van der Waals surface area contributed by atoms with Gasteiger partial charge in [0.2, 0.25) is 10.0 Å². The molecule has 1 aromatic rings. The van der Waals surface area contributed by atoms with Gasteiger partial charge in [0.05, 0.1) is 13.4 Å². The molecular formula is C14H20FNO3S. The third-order valence-corrected chi connectivity index (χ3v) is 5.07. The van der Waals surface area contributed by atoms with Gasteiger partial charge in [-0.2, -0.15) is 0 Å². The maximum absolute atomic E-state index is 14.7. The first kappa shape index (κ1) is 15.3. The Morgan fingerprint density at radius 1 is 1.25 bits per heavy atom. The Balaban J connectivity index is 1.99. The second-order valence-electron chi connectivity index (χ2n) is 5.34. The summed E-state index contributed by atoms with van der Waals surface area (Å²) in [6.45, 7) is 0.511. The topological polar surface area (TPSA) is 46.6 Å². The van der Waals surface area contributed by atoms with Crippen LogP contribution >= 0.6 is 0 Å². The molecule has 0 spiro atoms. The Morgan fingerprint density at radius 2 is 1.80 bits per heavy atom. The number of nitrogens with zero attached hydrogens (tertiary/aromatic N) is 1. The number of benzene rings is 1. The van der Waals surface area contributed by atoms with Gasteiger partial charge in [-0.1, -0.05) is 12.1 Å². The van der Waals surface area contributed by atoms with E-state index in [-0.39, 0.29) is 25.9 Å². The summed E-state index contributed by atoms with van der Waals surface area (Å²) in [4.78, 5) is 0. The van der Waals surface area contributed by atoms with Crippen LogP contribution in [0.5, 0.6) is 5.75 Å². The monoisotopic (exact) mass is 301 g/mol. The SMILES string of the molecule is COc1ccc(CC2(F)CCN(S(C)(=O)=O)CC2)cc1. The van der Waals surface area contributed by atoms with Crippen LogP contribution in [0.2, 0.25) is 0 Å². The minimum absolute atomic E-state index is 0.242. The Labute approximate surface area is 119 Å². The number of hydrogen-bond donors (Lipinski definition) is 0. The van der Waals surface area contributed by atoms with Crippen molar-refractivity contribution in [1.82, 2.24) is 4.31 Å². The number of piperidine rings is 1. The molecule has 0 aromatic heterocycles. The Hall–Kier alpha value is -1.14. The third-order valence-electron chi connectivity index (χ3n) is 3.77. The molecule has 1 saturated heterocycles. The average molecular weight is 301 g/mol. The van der Waals surface area contributed by atoms with E-state index in [1.807, 2.05) is 24.3 Å². The quantitative estimate of drug-likeness (QED) is 0.854. The van der Waals surface area contributed by atoms with Gasteiger partial charge >= 0.3 is 0 Å². The summed E-state index contributed by atoms with van der Waals surface area (Å²) in [5.41, 5.74) is -0.420. The van der Waals surface area contributed by atoms with E-state index in [4.69, 9.17) is 4.74 Å². The lowest BCUT2D eigenvalue weighted by Gasteiger charge is -2.35. The smallest absolute Gasteiger partial charge is 0.211 e. The van der Waals surface area contributed by atoms with Crippen molar-refractivity contribution < 1.29 is 17.5 Å². The van der Waals surface area contributed by atoms with E-state index >= 15 is 0 Å². The highest BCUT2D eigenvalue weighted by molar-refractivity contribution is 7.88. The number of rotatable bonds is 4. The molecular weight excluding hydrogens is 281 g/mol. The van der Waals surface area contributed by atoms with E-state index in [0.717, 1.165) is 11.3 Å². The normalized spacial score (nSPS) is 19.8. The largest absolute Gasteiger partial charge is 0.497 e. The highest BCUT2D eigenvalue weighted by Gasteiger charge is 2.37. The van der Waals surface area contributed by atoms with Crippen LogP contribution in [0.25, 0.3) is 0 Å². The van der Waals surface area contributed by atoms with Gasteiger partial charge < -0.3 is 4.74 Å². The number of ether oxygens (including phenoxy) is 1. The van der Waals surface area contributed by atoms with Gasteiger partial charge in [0.15, 0.2) is 0 Å². The van der Waals surface area contributed by atoms with Crippen molar-refractivity contribution in [2.45, 2.75) is 24.9 Å². The number of hydrogen-bond acceptors (Lipinski definition) is 3. The highest BCUT2D eigenvalue weighted by Crippen LogP contribution is 2.31. The molecule has 112 valence electrons. The molecule has 2 rings (SSSR count). The minimum Gasteiger partial charge on any atom is -0.497 e. The molecule has 1 aromatic carbocycles. The molecule has 1 fully saturated rings. The van der Waals surface area contributed by atoms with Crippen LogP contribution in [0.3, 0.4) is 0 Å². The zero-order valence-corrected chi connectivity index (χ0v) is 12.6. The van der Waals surface area contributed by atoms with Crippen LogP contribution in [-0.2, 0) is 16.4 Å². The molecule has 0 atom stereocenters. The van der Waals surface area contributed by atoms with Crippen molar-refractivity contribution in [2.75, 3.05) is 26.5 Å². The fraction of sp³-hybridized carbons (Fsp3) is 0.571. The first-order valence-electron chi connectivity index (χ1n) is 6.59. The van der Waals surface area contributed by atoms with E-state index in [2.05, 4.69) is 0 Å². The van der Waals surface area contributed by atoms with Crippen LogP contribution in [0.1, 0.15) is 18.4 Å². The molecule has 20 heavy (non-hydrogen) atoms. The molecule has 0 radical (unpaired) electrons. The molecule has 1 aliphatic heterocycles. The fourth-order valence-corrected chi connectivity index (χ4v) is 3.35. The number of halogens is 1. The van der Waals surface area contributed by atoms with Crippen molar-refractivity contribution in [3.05, 3.63) is 29.8 Å². The molecule has 1 aliphatic rings. The standard InChI is InChI=1S/C14H20FNO3S/c1-19-13-5-3-12(4-6-13)11-14(15)7-9-16(10-8-14)20(2,17)18/h3-6H,7-11H2,1-2H3. The van der Waals surface area contributed by atoms with Crippen molar-refractivity contribution in [2.24, 2.45) is 0 Å². The number of methoxy groups -OCH3 is 1. The lowest BCUT2D eigenvalue weighted by atomic mass is 9.88. The van der Waals surface area contributed by atoms with Crippen LogP contribution in [0.4, 0.5) is 4.39 Å². The zero-order chi connectivity index (χ0) is 14.8. The van der Waals surface area contributed by atoms with Gasteiger partial charge in [0, 0.05) is 19.5 Å². The van der Waals surface area contributed by atoms with Crippen LogP contribution < -0.4 is 4.74 Å². The van der Waals surface area contributed by atoms with Gasteiger partial charge in [-0.3, -0.25) is 0 Å². The van der Waals surface area contributed by atoms with Crippen LogP contribution in [0, 0.1) is 0 Å². The molecule has 0 N–H and O–H groups in total. The first-order chi connectivity index (χ1) is 9.32. The Morgan fingerprint density at radius 3 is 2.25 bits per heavy atom. The summed E-state index contributed by atoms with van der Waals surface area (Å²) in [6, 6.07) is 7.32. The predicted octanol–water partition coefficient (Wildman–Crippen LogP) is 2.00. The second-order valence-corrected chi connectivity index (χ2v) is 7.32. The van der Waals surface area contributed by atoms with Crippen LogP contribution in [0.15, 0.2) is 24.3 Å². The summed E-state index contributed by atoms with van der Waals surface area (Å²) in [6.07, 6.45) is 1.97. The van der Waals surface area contributed by atoms with Crippen molar-refractivity contribution in [3.63, 3.8) is 0 Å². The van der Waals surface area contributed by atoms with E-state index in [1.165, 1.54) is 10.6 Å². The van der Waals surface area contributed by atoms with Crippen LogP contribution in [-0.4, -0.2) is 44.8 Å². The molecule has 4 nitrogen and oxygen atoms in total. The highest BCUT2D eigenvalue weighted by atomic mass is 32.2. The number of alkyl halides is 1. The lowest BCUT2D eigenvalue weighted by Crippen LogP contribution is -2.45. The van der Waals surface area contributed by atoms with Crippen molar-refractivity contribution in [3.8, 4) is 5.75 Å². The Kier molecular flexibility index (Phi) is 4.34. The van der Waals surface area contributed by atoms with Gasteiger partial charge in [-0.25, -0.2) is 17.1 Å². The number of sulfonamides is 1. The molecule has 0 saturated carbocycles. The fourth-order valence-electron chi connectivity index (χ4n) is 2.50. The van der Waals surface area contributed by atoms with E-state index in [0.29, 0.717) is 6.42 Å². The van der Waals surface area contributed by atoms with Gasteiger partial charge in [-0.05, 0) is 30.5 Å². The zero-order valence-electron chi connectivity index (χ0n) is 11.8. The summed E-state index contributed by atoms with van der Waals surface area (Å²) in [7, 11) is -1.62. The third kappa shape index (κ3) is 3.70. The molecule has 0 amide bonds. The van der Waals surface area contributed by atoms with Gasteiger partial charge in [0.1, 0.15) is 11.4 Å². The van der Waals surface area contributed by atoms with Gasteiger partial charge in [0.25, 0.3) is 0 Å². The minimum atomic E-state index is -3.21. The molecule has 0 bridgehead atoms. The van der Waals surface area contributed by atoms with Gasteiger partial charge in [-0.15, -0.1) is 0 Å². The summed E-state index contributed by atoms with van der Waals surface area (Å²) in [5, 5.41) is 0. The van der Waals surface area contributed by atoms with Crippen molar-refractivity contribution >= 4 is 10.0 Å². The van der Waals surface area contributed by atoms with E-state index in [1.54, 1.807) is 7.11 Å². The molecule has 0 unspecified atom stereocenters. The summed E-state index contributed by atoms with van der Waals surface area (Å²) in [5.74, 6) is 0.744. The maximum atomic E-state index is 14.7. The maximum Gasteiger partial charge on any atom is 0.211 e. The molecule has 6 heteroatoms. The second kappa shape index (κ2) is 5.69. The summed E-state index contributed by atoms with van der Waals surface area (Å²) < 4.78 is 44.0. The summed E-state index contributed by atoms with van der Waals surface area (Å²) >= 11 is 0. The predicted molar refractivity (Wildman–Crippen MR) is 76.2 cm³/mol. The van der Waals surface area contributed by atoms with E-state index < -0.39 is 15.7 Å². The van der Waals surface area contributed by atoms with Crippen molar-refractivity contribution in [1.29, 1.82) is 0 Å². The Bertz CT molecular complexity index is 548. The molecule has 0 aliphatic carbocycles. The first-order valence-corrected chi connectivity index (χ1v) is 8.44.